The van der Waals surface area contributed by atoms with Crippen LogP contribution in [0.25, 0.3) is 11.4 Å². The lowest BCUT2D eigenvalue weighted by Gasteiger charge is -2.26. The molecule has 0 N–H and O–H groups in total. The first-order valence-corrected chi connectivity index (χ1v) is 12.0. The molecule has 168 valence electrons. The Bertz CT molecular complexity index is 1040. The molecule has 0 saturated carbocycles. The molecule has 32 heavy (non-hydrogen) atoms. The summed E-state index contributed by atoms with van der Waals surface area (Å²) in [5.74, 6) is 1.27. The largest absolute Gasteiger partial charge is 0.378 e. The van der Waals surface area contributed by atoms with Crippen molar-refractivity contribution in [3.63, 3.8) is 0 Å². The van der Waals surface area contributed by atoms with Gasteiger partial charge in [-0.05, 0) is 16.5 Å². The normalized spacial score (nSPS) is 14.5. The van der Waals surface area contributed by atoms with E-state index < -0.39 is 0 Å². The van der Waals surface area contributed by atoms with Gasteiger partial charge < -0.3 is 9.64 Å². The van der Waals surface area contributed by atoms with E-state index in [9.17, 15) is 4.79 Å². The van der Waals surface area contributed by atoms with Crippen LogP contribution in [-0.2, 0) is 21.5 Å². The molecule has 1 fully saturated rings. The molecule has 1 saturated heterocycles. The number of hydrogen-bond acceptors (Lipinski definition) is 5. The third-order valence-electron chi connectivity index (χ3n) is 5.60. The van der Waals surface area contributed by atoms with Crippen LogP contribution in [0.15, 0.2) is 59.8 Å². The van der Waals surface area contributed by atoms with Gasteiger partial charge in [-0.25, -0.2) is 0 Å². The molecule has 0 atom stereocenters. The average molecular weight is 451 g/mol. The zero-order chi connectivity index (χ0) is 22.6. The van der Waals surface area contributed by atoms with Crippen molar-refractivity contribution in [2.24, 2.45) is 0 Å². The van der Waals surface area contributed by atoms with Gasteiger partial charge in [-0.2, -0.15) is 0 Å². The molecule has 0 unspecified atom stereocenters. The Labute approximate surface area is 194 Å². The second-order valence-corrected chi connectivity index (χ2v) is 9.93. The second kappa shape index (κ2) is 9.88. The molecular formula is C25H30N4O2S. The summed E-state index contributed by atoms with van der Waals surface area (Å²) in [7, 11) is 0. The van der Waals surface area contributed by atoms with Gasteiger partial charge >= 0.3 is 0 Å². The quantitative estimate of drug-likeness (QED) is 0.526. The van der Waals surface area contributed by atoms with Crippen LogP contribution in [0.4, 0.5) is 0 Å². The first-order chi connectivity index (χ1) is 15.4. The van der Waals surface area contributed by atoms with Crippen molar-refractivity contribution >= 4 is 17.7 Å². The Morgan fingerprint density at radius 1 is 1.00 bits per heavy atom. The number of thioether (sulfide) groups is 1. The van der Waals surface area contributed by atoms with E-state index in [-0.39, 0.29) is 11.3 Å². The lowest BCUT2D eigenvalue weighted by atomic mass is 9.87. The van der Waals surface area contributed by atoms with Crippen molar-refractivity contribution in [1.29, 1.82) is 0 Å². The zero-order valence-electron chi connectivity index (χ0n) is 19.0. The van der Waals surface area contributed by atoms with E-state index in [2.05, 4.69) is 71.9 Å². The molecule has 4 rings (SSSR count). The number of aromatic nitrogens is 3. The highest BCUT2D eigenvalue weighted by atomic mass is 32.2. The fourth-order valence-corrected chi connectivity index (χ4v) is 4.51. The molecule has 0 radical (unpaired) electrons. The Morgan fingerprint density at radius 3 is 2.34 bits per heavy atom. The van der Waals surface area contributed by atoms with Crippen molar-refractivity contribution in [3.05, 3.63) is 65.7 Å². The first kappa shape index (κ1) is 22.6. The van der Waals surface area contributed by atoms with Crippen molar-refractivity contribution in [3.8, 4) is 11.4 Å². The number of carbonyl (C=O) groups is 1. The molecule has 2 heterocycles. The lowest BCUT2D eigenvalue weighted by Crippen LogP contribution is -2.41. The van der Waals surface area contributed by atoms with E-state index in [1.807, 2.05) is 23.1 Å². The molecule has 1 aliphatic heterocycles. The van der Waals surface area contributed by atoms with Crippen molar-refractivity contribution < 1.29 is 9.53 Å². The van der Waals surface area contributed by atoms with Crippen LogP contribution < -0.4 is 0 Å². The Morgan fingerprint density at radius 2 is 1.69 bits per heavy atom. The van der Waals surface area contributed by atoms with Crippen LogP contribution >= 0.6 is 11.8 Å². The maximum absolute atomic E-state index is 12.6. The van der Waals surface area contributed by atoms with Gasteiger partial charge in [-0.15, -0.1) is 10.2 Å². The van der Waals surface area contributed by atoms with Crippen LogP contribution in [0.5, 0.6) is 0 Å². The van der Waals surface area contributed by atoms with Gasteiger partial charge in [-0.3, -0.25) is 9.36 Å². The third-order valence-corrected chi connectivity index (χ3v) is 6.55. The molecule has 3 aromatic rings. The summed E-state index contributed by atoms with van der Waals surface area (Å²) in [5, 5.41) is 9.72. The lowest BCUT2D eigenvalue weighted by molar-refractivity contribution is -0.132. The highest BCUT2D eigenvalue weighted by molar-refractivity contribution is 7.99. The number of nitrogens with zero attached hydrogens (tertiary/aromatic N) is 4. The molecule has 1 amide bonds. The molecule has 0 bridgehead atoms. The van der Waals surface area contributed by atoms with Gasteiger partial charge in [0.1, 0.15) is 0 Å². The van der Waals surface area contributed by atoms with Crippen LogP contribution in [0.3, 0.4) is 0 Å². The molecule has 2 aromatic carbocycles. The topological polar surface area (TPSA) is 60.3 Å². The Kier molecular flexibility index (Phi) is 6.96. The van der Waals surface area contributed by atoms with Gasteiger partial charge in [0, 0.05) is 18.7 Å². The monoisotopic (exact) mass is 450 g/mol. The van der Waals surface area contributed by atoms with Crippen molar-refractivity contribution in [2.45, 2.75) is 37.9 Å². The number of morpholine rings is 1. The number of ether oxygens (including phenoxy) is 1. The molecular weight excluding hydrogens is 420 g/mol. The number of benzene rings is 2. The number of rotatable bonds is 6. The number of hydrogen-bond donors (Lipinski definition) is 0. The van der Waals surface area contributed by atoms with E-state index in [0.717, 1.165) is 16.5 Å². The Balaban J connectivity index is 1.59. The second-order valence-electron chi connectivity index (χ2n) is 8.99. The smallest absolute Gasteiger partial charge is 0.233 e. The molecule has 0 aliphatic carbocycles. The zero-order valence-corrected chi connectivity index (χ0v) is 19.8. The molecule has 7 heteroatoms. The van der Waals surface area contributed by atoms with Crippen molar-refractivity contribution in [2.75, 3.05) is 32.1 Å². The highest BCUT2D eigenvalue weighted by Gasteiger charge is 2.21. The van der Waals surface area contributed by atoms with E-state index in [1.54, 1.807) is 0 Å². The van der Waals surface area contributed by atoms with E-state index >= 15 is 0 Å². The average Bonchev–Trinajstić information content (AvgIpc) is 3.20. The fourth-order valence-electron chi connectivity index (χ4n) is 3.67. The molecule has 6 nitrogen and oxygen atoms in total. The summed E-state index contributed by atoms with van der Waals surface area (Å²) < 4.78 is 7.46. The van der Waals surface area contributed by atoms with Crippen LogP contribution in [0.2, 0.25) is 0 Å². The SMILES string of the molecule is CC(C)(C)c1ccc(-c2nnc(SCC(=O)N3CCOCC3)n2Cc2ccccc2)cc1. The molecule has 0 spiro atoms. The third kappa shape index (κ3) is 5.40. The van der Waals surface area contributed by atoms with E-state index in [0.29, 0.717) is 38.6 Å². The van der Waals surface area contributed by atoms with Gasteiger partial charge in [-0.1, -0.05) is 87.1 Å². The van der Waals surface area contributed by atoms with Gasteiger partial charge in [0.25, 0.3) is 0 Å². The predicted octanol–water partition coefficient (Wildman–Crippen LogP) is 4.24. The van der Waals surface area contributed by atoms with Crippen LogP contribution in [-0.4, -0.2) is 57.6 Å². The molecule has 1 aromatic heterocycles. The fraction of sp³-hybridized carbons (Fsp3) is 0.400. The summed E-state index contributed by atoms with van der Waals surface area (Å²) in [6.07, 6.45) is 0. The standard InChI is InChI=1S/C25H30N4O2S/c1-25(2,3)21-11-9-20(10-12-21)23-26-27-24(29(23)17-19-7-5-4-6-8-19)32-18-22(30)28-13-15-31-16-14-28/h4-12H,13-18H2,1-3H3. The van der Waals surface area contributed by atoms with Gasteiger partial charge in [0.15, 0.2) is 11.0 Å². The Hall–Kier alpha value is -2.64. The summed E-state index contributed by atoms with van der Waals surface area (Å²) in [5.41, 5.74) is 3.56. The van der Waals surface area contributed by atoms with Crippen LogP contribution in [0, 0.1) is 0 Å². The van der Waals surface area contributed by atoms with E-state index in [4.69, 9.17) is 4.74 Å². The first-order valence-electron chi connectivity index (χ1n) is 11.0. The van der Waals surface area contributed by atoms with E-state index in [1.165, 1.54) is 22.9 Å². The highest BCUT2D eigenvalue weighted by Crippen LogP contribution is 2.28. The minimum atomic E-state index is 0.0944. The van der Waals surface area contributed by atoms with Crippen LogP contribution in [0.1, 0.15) is 31.9 Å². The maximum Gasteiger partial charge on any atom is 0.233 e. The predicted molar refractivity (Wildman–Crippen MR) is 128 cm³/mol. The molecule has 1 aliphatic rings. The summed E-state index contributed by atoms with van der Waals surface area (Å²) in [4.78, 5) is 14.5. The van der Waals surface area contributed by atoms with Gasteiger partial charge in [0.2, 0.25) is 5.91 Å². The maximum atomic E-state index is 12.6. The minimum absolute atomic E-state index is 0.0944. The minimum Gasteiger partial charge on any atom is -0.378 e. The number of carbonyl (C=O) groups excluding carboxylic acids is 1. The van der Waals surface area contributed by atoms with Gasteiger partial charge in [0.05, 0.1) is 25.5 Å². The number of amides is 1. The summed E-state index contributed by atoms with van der Waals surface area (Å²) in [6.45, 7) is 9.80. The summed E-state index contributed by atoms with van der Waals surface area (Å²) in [6, 6.07) is 18.8. The van der Waals surface area contributed by atoms with Crippen molar-refractivity contribution in [1.82, 2.24) is 19.7 Å². The summed E-state index contributed by atoms with van der Waals surface area (Å²) >= 11 is 1.45.